The van der Waals surface area contributed by atoms with Gasteiger partial charge in [0.25, 0.3) is 0 Å². The Morgan fingerprint density at radius 2 is 1.63 bits per heavy atom. The lowest BCUT2D eigenvalue weighted by molar-refractivity contribution is -0.186. The molecule has 1 atom stereocenters. The third-order valence-electron chi connectivity index (χ3n) is 4.92. The molecule has 2 N–H and O–H groups in total. The molecule has 2 aromatic carbocycles. The fourth-order valence-electron chi connectivity index (χ4n) is 3.51. The van der Waals surface area contributed by atoms with Gasteiger partial charge in [-0.15, -0.1) is 0 Å². The number of hydrogen-bond donors (Lipinski definition) is 2. The summed E-state index contributed by atoms with van der Waals surface area (Å²) in [6, 6.07) is 15.6. The maximum atomic E-state index is 12.2. The summed E-state index contributed by atoms with van der Waals surface area (Å²) in [5, 5.41) is 12.1. The quantitative estimate of drug-likeness (QED) is 0.646. The summed E-state index contributed by atoms with van der Waals surface area (Å²) >= 11 is 0. The number of carbonyl (C=O) groups excluding carboxylic acids is 2. The molecule has 8 heteroatoms. The van der Waals surface area contributed by atoms with Gasteiger partial charge in [-0.1, -0.05) is 48.5 Å². The lowest BCUT2D eigenvalue weighted by Crippen LogP contribution is -2.39. The number of benzene rings is 2. The van der Waals surface area contributed by atoms with Crippen molar-refractivity contribution in [1.29, 1.82) is 0 Å². The van der Waals surface area contributed by atoms with Crippen LogP contribution in [-0.4, -0.2) is 54.4 Å². The van der Waals surface area contributed by atoms with E-state index in [0.29, 0.717) is 0 Å². The number of aliphatic carboxylic acids is 1. The minimum atomic E-state index is -1.18. The third-order valence-corrected chi connectivity index (χ3v) is 4.92. The van der Waals surface area contributed by atoms with Gasteiger partial charge in [0.05, 0.1) is 0 Å². The predicted molar refractivity (Wildman–Crippen MR) is 109 cm³/mol. The predicted octanol–water partition coefficient (Wildman–Crippen LogP) is 2.78. The molecule has 0 heterocycles. The number of amides is 2. The van der Waals surface area contributed by atoms with Crippen molar-refractivity contribution in [3.63, 3.8) is 0 Å². The van der Waals surface area contributed by atoms with Gasteiger partial charge in [0.2, 0.25) is 5.91 Å². The number of hydrogen-bond acceptors (Lipinski definition) is 5. The summed E-state index contributed by atoms with van der Waals surface area (Å²) in [4.78, 5) is 39.5. The molecule has 8 nitrogen and oxygen atoms in total. The molecule has 0 bridgehead atoms. The standard InChI is InChI=1S/C22H24N2O6/c1-14(11-20(25)24(2)30-13-21(26)27)23-22(28)29-12-19-17-9-5-3-7-15(17)16-8-4-6-10-18(16)19/h3-10,14,19H,11-13H2,1-2H3,(H,23,28)(H,26,27)/t14-/m1/s1. The second-order valence-electron chi connectivity index (χ2n) is 7.13. The van der Waals surface area contributed by atoms with E-state index in [-0.39, 0.29) is 18.9 Å². The van der Waals surface area contributed by atoms with E-state index in [9.17, 15) is 14.4 Å². The number of carbonyl (C=O) groups is 3. The highest BCUT2D eigenvalue weighted by atomic mass is 16.7. The van der Waals surface area contributed by atoms with Crippen molar-refractivity contribution in [2.75, 3.05) is 20.3 Å². The molecule has 0 saturated carbocycles. The Hall–Kier alpha value is -3.39. The largest absolute Gasteiger partial charge is 0.479 e. The Morgan fingerprint density at radius 3 is 2.20 bits per heavy atom. The van der Waals surface area contributed by atoms with Crippen LogP contribution in [0.1, 0.15) is 30.4 Å². The number of nitrogens with zero attached hydrogens (tertiary/aromatic N) is 1. The zero-order chi connectivity index (χ0) is 21.7. The summed E-state index contributed by atoms with van der Waals surface area (Å²) in [7, 11) is 1.32. The van der Waals surface area contributed by atoms with Gasteiger partial charge in [-0.3, -0.25) is 9.63 Å². The van der Waals surface area contributed by atoms with Crippen LogP contribution in [0.25, 0.3) is 11.1 Å². The molecule has 1 aliphatic carbocycles. The van der Waals surface area contributed by atoms with Gasteiger partial charge in [-0.2, -0.15) is 0 Å². The molecule has 1 aliphatic rings. The first-order valence-corrected chi connectivity index (χ1v) is 9.59. The molecule has 0 radical (unpaired) electrons. The van der Waals surface area contributed by atoms with E-state index < -0.39 is 30.6 Å². The maximum Gasteiger partial charge on any atom is 0.407 e. The summed E-state index contributed by atoms with van der Waals surface area (Å²) in [5.41, 5.74) is 4.52. The topological polar surface area (TPSA) is 105 Å². The van der Waals surface area contributed by atoms with Crippen LogP contribution in [0, 0.1) is 0 Å². The van der Waals surface area contributed by atoms with Crippen LogP contribution >= 0.6 is 0 Å². The van der Waals surface area contributed by atoms with E-state index in [1.54, 1.807) is 6.92 Å². The average molecular weight is 412 g/mol. The van der Waals surface area contributed by atoms with Crippen LogP contribution in [0.4, 0.5) is 4.79 Å². The van der Waals surface area contributed by atoms with E-state index in [0.717, 1.165) is 27.3 Å². The van der Waals surface area contributed by atoms with Crippen molar-refractivity contribution >= 4 is 18.0 Å². The van der Waals surface area contributed by atoms with Gasteiger partial charge in [0.1, 0.15) is 6.61 Å². The second-order valence-corrected chi connectivity index (χ2v) is 7.13. The lowest BCUT2D eigenvalue weighted by atomic mass is 9.98. The Morgan fingerprint density at radius 1 is 1.07 bits per heavy atom. The molecule has 0 spiro atoms. The molecule has 2 amide bonds. The summed E-state index contributed by atoms with van der Waals surface area (Å²) in [6.07, 6.45) is -0.674. The zero-order valence-electron chi connectivity index (χ0n) is 16.8. The Balaban J connectivity index is 1.52. The number of nitrogens with one attached hydrogen (secondary N) is 1. The number of fused-ring (bicyclic) bond motifs is 3. The average Bonchev–Trinajstić information content (AvgIpc) is 3.04. The maximum absolute atomic E-state index is 12.2. The molecule has 0 aliphatic heterocycles. The molecule has 0 fully saturated rings. The number of carboxylic acid groups (broad SMARTS) is 1. The van der Waals surface area contributed by atoms with Crippen molar-refractivity contribution in [3.05, 3.63) is 59.7 Å². The third kappa shape index (κ3) is 4.96. The Labute approximate surface area is 174 Å². The number of hydroxylamine groups is 2. The fraction of sp³-hybridized carbons (Fsp3) is 0.318. The highest BCUT2D eigenvalue weighted by Crippen LogP contribution is 2.44. The summed E-state index contributed by atoms with van der Waals surface area (Å²) in [6.45, 7) is 1.23. The first-order chi connectivity index (χ1) is 14.4. The molecule has 0 saturated heterocycles. The van der Waals surface area contributed by atoms with Crippen LogP contribution < -0.4 is 5.32 Å². The highest BCUT2D eigenvalue weighted by molar-refractivity contribution is 5.79. The molecular formula is C22H24N2O6. The van der Waals surface area contributed by atoms with E-state index in [2.05, 4.69) is 17.4 Å². The van der Waals surface area contributed by atoms with Crippen molar-refractivity contribution in [2.45, 2.75) is 25.3 Å². The molecule has 158 valence electrons. The van der Waals surface area contributed by atoms with Crippen LogP contribution in [-0.2, 0) is 19.2 Å². The van der Waals surface area contributed by atoms with Gasteiger partial charge in [0, 0.05) is 25.4 Å². The van der Waals surface area contributed by atoms with Gasteiger partial charge in [0.15, 0.2) is 6.61 Å². The van der Waals surface area contributed by atoms with Gasteiger partial charge in [-0.25, -0.2) is 14.7 Å². The minimum absolute atomic E-state index is 0.0457. The number of rotatable bonds is 8. The molecule has 0 unspecified atom stereocenters. The van der Waals surface area contributed by atoms with Gasteiger partial charge < -0.3 is 15.2 Å². The fourth-order valence-corrected chi connectivity index (χ4v) is 3.51. The van der Waals surface area contributed by atoms with Crippen molar-refractivity contribution in [1.82, 2.24) is 10.4 Å². The molecule has 30 heavy (non-hydrogen) atoms. The SMILES string of the molecule is C[C@H](CC(=O)N(C)OCC(=O)O)NC(=O)OCC1c2ccccc2-c2ccccc21. The summed E-state index contributed by atoms with van der Waals surface area (Å²) < 4.78 is 5.45. The van der Waals surface area contributed by atoms with Crippen molar-refractivity contribution < 1.29 is 29.1 Å². The van der Waals surface area contributed by atoms with Crippen LogP contribution in [0.5, 0.6) is 0 Å². The van der Waals surface area contributed by atoms with E-state index in [1.165, 1.54) is 7.05 Å². The Kier molecular flexibility index (Phi) is 6.68. The first-order valence-electron chi connectivity index (χ1n) is 9.59. The normalized spacial score (nSPS) is 13.1. The monoisotopic (exact) mass is 412 g/mol. The lowest BCUT2D eigenvalue weighted by Gasteiger charge is -2.19. The Bertz CT molecular complexity index is 899. The molecule has 0 aromatic heterocycles. The molecule has 3 rings (SSSR count). The van der Waals surface area contributed by atoms with Crippen LogP contribution in [0.2, 0.25) is 0 Å². The summed E-state index contributed by atoms with van der Waals surface area (Å²) in [5.74, 6) is -1.68. The molecular weight excluding hydrogens is 388 g/mol. The number of ether oxygens (including phenoxy) is 1. The highest BCUT2D eigenvalue weighted by Gasteiger charge is 2.29. The van der Waals surface area contributed by atoms with E-state index in [1.807, 2.05) is 36.4 Å². The minimum Gasteiger partial charge on any atom is -0.479 e. The number of alkyl carbamates (subject to hydrolysis) is 1. The zero-order valence-corrected chi connectivity index (χ0v) is 16.8. The van der Waals surface area contributed by atoms with Crippen LogP contribution in [0.3, 0.4) is 0 Å². The van der Waals surface area contributed by atoms with Crippen LogP contribution in [0.15, 0.2) is 48.5 Å². The second kappa shape index (κ2) is 9.41. The first kappa shape index (κ1) is 21.3. The molecule has 2 aromatic rings. The number of carboxylic acids is 1. The van der Waals surface area contributed by atoms with Crippen molar-refractivity contribution in [2.24, 2.45) is 0 Å². The smallest absolute Gasteiger partial charge is 0.407 e. The van der Waals surface area contributed by atoms with Gasteiger partial charge in [-0.05, 0) is 29.2 Å². The van der Waals surface area contributed by atoms with E-state index >= 15 is 0 Å². The van der Waals surface area contributed by atoms with Crippen molar-refractivity contribution in [3.8, 4) is 11.1 Å². The van der Waals surface area contributed by atoms with E-state index in [4.69, 9.17) is 14.7 Å². The van der Waals surface area contributed by atoms with Gasteiger partial charge >= 0.3 is 12.1 Å².